The molecule has 0 fully saturated rings. The number of aromatic nitrogens is 1. The van der Waals surface area contributed by atoms with Crippen LogP contribution in [0.1, 0.15) is 106 Å². The van der Waals surface area contributed by atoms with E-state index in [0.717, 1.165) is 0 Å². The molecule has 0 unspecified atom stereocenters. The third-order valence-electron chi connectivity index (χ3n) is 13.0. The Balaban J connectivity index is 1.37. The number of rotatable bonds is 3. The highest BCUT2D eigenvalue weighted by Crippen LogP contribution is 2.52. The van der Waals surface area contributed by atoms with Gasteiger partial charge in [0.25, 0.3) is 6.71 Å². The Morgan fingerprint density at radius 1 is 0.538 bits per heavy atom. The lowest BCUT2D eigenvalue weighted by Gasteiger charge is -2.47. The zero-order chi connectivity index (χ0) is 36.0. The monoisotopic (exact) mass is 674 g/mol. The molecule has 256 valence electrons. The summed E-state index contributed by atoms with van der Waals surface area (Å²) >= 11 is 0. The quantitative estimate of drug-likeness (QED) is 0.169. The molecule has 0 N–H and O–H groups in total. The van der Waals surface area contributed by atoms with Gasteiger partial charge in [-0.15, -0.1) is 0 Å². The minimum atomic E-state index is -0.143. The second kappa shape index (κ2) is 10.5. The molecule has 1 aliphatic carbocycles. The Hall–Kier alpha value is -5.02. The molecule has 3 heteroatoms. The van der Waals surface area contributed by atoms with Gasteiger partial charge in [-0.2, -0.15) is 0 Å². The van der Waals surface area contributed by atoms with Crippen molar-refractivity contribution in [1.82, 2.24) is 4.57 Å². The molecule has 0 saturated heterocycles. The smallest absolute Gasteiger partial charge is 0.252 e. The standard InChI is InChI=1S/C49H47BN2/c1-28(2)31-19-22-42-34(23-31)35-24-32(29(3)4)25-41-47(35)52(42)44-16-12-15-43-46(44)50(41)40-26-38-39(27-45(40)51(43)33-20-17-30(5)18-21-33)49(8,9)37-14-11-10-13-36(37)48(38,6)7/h10-29H,1-9H3. The summed E-state index contributed by atoms with van der Waals surface area (Å²) in [5, 5.41) is 2.74. The maximum atomic E-state index is 2.64. The predicted molar refractivity (Wildman–Crippen MR) is 224 cm³/mol. The Morgan fingerprint density at radius 2 is 1.17 bits per heavy atom. The lowest BCUT2D eigenvalue weighted by atomic mass is 9.33. The van der Waals surface area contributed by atoms with E-state index in [4.69, 9.17) is 0 Å². The van der Waals surface area contributed by atoms with Crippen LogP contribution in [-0.4, -0.2) is 11.3 Å². The fourth-order valence-electron chi connectivity index (χ4n) is 10.1. The molecule has 7 aromatic rings. The molecule has 10 rings (SSSR count). The van der Waals surface area contributed by atoms with Crippen molar-refractivity contribution in [3.05, 3.63) is 148 Å². The van der Waals surface area contributed by atoms with Gasteiger partial charge in [-0.3, -0.25) is 0 Å². The lowest BCUT2D eigenvalue weighted by molar-refractivity contribution is 0.521. The number of fused-ring (bicyclic) bond motifs is 9. The topological polar surface area (TPSA) is 8.17 Å². The molecule has 2 nitrogen and oxygen atoms in total. The fourth-order valence-corrected chi connectivity index (χ4v) is 10.1. The molecular weight excluding hydrogens is 627 g/mol. The Morgan fingerprint density at radius 3 is 1.85 bits per heavy atom. The lowest BCUT2D eigenvalue weighted by Crippen LogP contribution is -2.61. The van der Waals surface area contributed by atoms with E-state index in [9.17, 15) is 0 Å². The van der Waals surface area contributed by atoms with Crippen LogP contribution in [0.3, 0.4) is 0 Å². The third-order valence-corrected chi connectivity index (χ3v) is 13.0. The summed E-state index contributed by atoms with van der Waals surface area (Å²) in [7, 11) is 0. The van der Waals surface area contributed by atoms with Gasteiger partial charge in [0.15, 0.2) is 0 Å². The van der Waals surface area contributed by atoms with Crippen LogP contribution in [0.5, 0.6) is 0 Å². The molecule has 0 bridgehead atoms. The Labute approximate surface area is 309 Å². The maximum Gasteiger partial charge on any atom is 0.252 e. The van der Waals surface area contributed by atoms with Crippen molar-refractivity contribution in [2.75, 3.05) is 4.90 Å². The predicted octanol–water partition coefficient (Wildman–Crippen LogP) is 10.9. The zero-order valence-electron chi connectivity index (χ0n) is 32.0. The number of benzene rings is 6. The van der Waals surface area contributed by atoms with Gasteiger partial charge in [0.2, 0.25) is 0 Å². The summed E-state index contributed by atoms with van der Waals surface area (Å²) in [6.45, 7) is 21.3. The van der Waals surface area contributed by atoms with Crippen molar-refractivity contribution in [3.63, 3.8) is 0 Å². The van der Waals surface area contributed by atoms with Gasteiger partial charge in [0.05, 0.1) is 5.52 Å². The SMILES string of the molecule is Cc1ccc(N2c3cc4c(cc3B3c5c2cccc5-n2c5ccc(C(C)C)cc5c5cc(C(C)C)cc3c52)C(C)(C)c2ccccc2C4(C)C)cc1. The molecule has 0 spiro atoms. The van der Waals surface area contributed by atoms with E-state index < -0.39 is 0 Å². The maximum absolute atomic E-state index is 2.64. The van der Waals surface area contributed by atoms with Crippen molar-refractivity contribution in [1.29, 1.82) is 0 Å². The van der Waals surface area contributed by atoms with Gasteiger partial charge < -0.3 is 9.47 Å². The highest BCUT2D eigenvalue weighted by Gasteiger charge is 2.47. The minimum absolute atomic E-state index is 0.104. The first kappa shape index (κ1) is 31.7. The van der Waals surface area contributed by atoms with Crippen molar-refractivity contribution >= 4 is 62.0 Å². The summed E-state index contributed by atoms with van der Waals surface area (Å²) in [5.41, 5.74) is 21.5. The third kappa shape index (κ3) is 4.03. The number of aryl methyl sites for hydroxylation is 1. The molecule has 3 heterocycles. The second-order valence-corrected chi connectivity index (χ2v) is 17.5. The van der Waals surface area contributed by atoms with Gasteiger partial charge in [-0.25, -0.2) is 0 Å². The normalized spacial score (nSPS) is 16.0. The average Bonchev–Trinajstić information content (AvgIpc) is 3.46. The molecule has 0 radical (unpaired) electrons. The van der Waals surface area contributed by atoms with Crippen LogP contribution in [0.2, 0.25) is 0 Å². The van der Waals surface area contributed by atoms with Gasteiger partial charge >= 0.3 is 0 Å². The summed E-state index contributed by atoms with van der Waals surface area (Å²) in [4.78, 5) is 2.57. The van der Waals surface area contributed by atoms with E-state index in [0.29, 0.717) is 11.8 Å². The molecule has 0 saturated carbocycles. The van der Waals surface area contributed by atoms with Crippen LogP contribution >= 0.6 is 0 Å². The molecule has 2 aliphatic heterocycles. The molecule has 6 aromatic carbocycles. The van der Waals surface area contributed by atoms with Crippen LogP contribution in [-0.2, 0) is 10.8 Å². The van der Waals surface area contributed by atoms with Crippen molar-refractivity contribution < 1.29 is 0 Å². The first-order valence-corrected chi connectivity index (χ1v) is 19.3. The summed E-state index contributed by atoms with van der Waals surface area (Å²) in [6, 6.07) is 42.8. The van der Waals surface area contributed by atoms with Crippen LogP contribution in [0.15, 0.2) is 109 Å². The van der Waals surface area contributed by atoms with Crippen LogP contribution < -0.4 is 21.3 Å². The van der Waals surface area contributed by atoms with Crippen molar-refractivity contribution in [2.45, 2.75) is 85.0 Å². The second-order valence-electron chi connectivity index (χ2n) is 17.5. The summed E-state index contributed by atoms with van der Waals surface area (Å²) in [6.07, 6.45) is 0. The van der Waals surface area contributed by atoms with E-state index in [1.807, 2.05) is 0 Å². The molecule has 3 aliphatic rings. The number of anilines is 3. The van der Waals surface area contributed by atoms with E-state index >= 15 is 0 Å². The van der Waals surface area contributed by atoms with E-state index in [1.165, 1.54) is 99.9 Å². The largest absolute Gasteiger partial charge is 0.311 e. The zero-order valence-corrected chi connectivity index (χ0v) is 32.0. The van der Waals surface area contributed by atoms with Gasteiger partial charge in [0.1, 0.15) is 0 Å². The highest BCUT2D eigenvalue weighted by molar-refractivity contribution is 7.00. The minimum Gasteiger partial charge on any atom is -0.311 e. The van der Waals surface area contributed by atoms with Crippen molar-refractivity contribution in [2.24, 2.45) is 0 Å². The highest BCUT2D eigenvalue weighted by atomic mass is 15.2. The molecule has 52 heavy (non-hydrogen) atoms. The Kier molecular flexibility index (Phi) is 6.42. The molecule has 1 aromatic heterocycles. The number of hydrogen-bond acceptors (Lipinski definition) is 1. The van der Waals surface area contributed by atoms with Crippen LogP contribution in [0, 0.1) is 6.92 Å². The number of nitrogens with zero attached hydrogens (tertiary/aromatic N) is 2. The first-order valence-electron chi connectivity index (χ1n) is 19.3. The van der Waals surface area contributed by atoms with Gasteiger partial charge in [-0.05, 0) is 117 Å². The van der Waals surface area contributed by atoms with Crippen LogP contribution in [0.25, 0.3) is 27.5 Å². The summed E-state index contributed by atoms with van der Waals surface area (Å²) in [5.74, 6) is 0.879. The van der Waals surface area contributed by atoms with E-state index in [1.54, 1.807) is 0 Å². The average molecular weight is 675 g/mol. The molecule has 0 atom stereocenters. The number of hydrogen-bond donors (Lipinski definition) is 0. The Bertz CT molecular complexity index is 2650. The van der Waals surface area contributed by atoms with Gasteiger partial charge in [0, 0.05) is 49.9 Å². The summed E-state index contributed by atoms with van der Waals surface area (Å²) < 4.78 is 2.60. The van der Waals surface area contributed by atoms with Gasteiger partial charge in [-0.1, -0.05) is 122 Å². The van der Waals surface area contributed by atoms with Crippen molar-refractivity contribution in [3.8, 4) is 5.69 Å². The molecular formula is C49H47BN2. The van der Waals surface area contributed by atoms with Crippen LogP contribution in [0.4, 0.5) is 17.1 Å². The van der Waals surface area contributed by atoms with E-state index in [-0.39, 0.29) is 17.5 Å². The molecule has 0 amide bonds. The first-order chi connectivity index (χ1) is 24.9. The van der Waals surface area contributed by atoms with E-state index in [2.05, 4.69) is 181 Å². The fraction of sp³-hybridized carbons (Fsp3) is 0.265.